The molecule has 0 amide bonds. The van der Waals surface area contributed by atoms with Gasteiger partial charge in [0.1, 0.15) is 0 Å². The van der Waals surface area contributed by atoms with Crippen molar-refractivity contribution in [3.8, 4) is 11.4 Å². The average molecular weight is 242 g/mol. The summed E-state index contributed by atoms with van der Waals surface area (Å²) < 4.78 is 5.73. The zero-order valence-electron chi connectivity index (χ0n) is 11.1. The summed E-state index contributed by atoms with van der Waals surface area (Å²) in [5.74, 6) is 0.751. The zero-order valence-corrected chi connectivity index (χ0v) is 11.1. The summed E-state index contributed by atoms with van der Waals surface area (Å²) in [4.78, 5) is 8.44. The molecule has 18 heavy (non-hydrogen) atoms. The van der Waals surface area contributed by atoms with E-state index in [1.165, 1.54) is 0 Å². The second-order valence-corrected chi connectivity index (χ2v) is 5.17. The molecule has 3 nitrogen and oxygen atoms in total. The van der Waals surface area contributed by atoms with Gasteiger partial charge in [-0.2, -0.15) is 0 Å². The molecule has 0 saturated carbocycles. The highest BCUT2D eigenvalue weighted by molar-refractivity contribution is 5.54. The molecule has 0 aliphatic rings. The Hall–Kier alpha value is -1.74. The topological polar surface area (TPSA) is 35.0 Å². The number of nitrogens with zero attached hydrogens (tertiary/aromatic N) is 2. The summed E-state index contributed by atoms with van der Waals surface area (Å²) in [6.07, 6.45) is 3.50. The lowest BCUT2D eigenvalue weighted by molar-refractivity contribution is -0.0149. The van der Waals surface area contributed by atoms with Crippen molar-refractivity contribution >= 4 is 0 Å². The fraction of sp³-hybridized carbons (Fsp3) is 0.333. The normalized spacial score (nSPS) is 11.5. The van der Waals surface area contributed by atoms with Gasteiger partial charge < -0.3 is 4.74 Å². The van der Waals surface area contributed by atoms with E-state index in [4.69, 9.17) is 4.74 Å². The van der Waals surface area contributed by atoms with Gasteiger partial charge in [-0.25, -0.2) is 9.97 Å². The molecule has 0 saturated heterocycles. The zero-order chi connectivity index (χ0) is 13.0. The van der Waals surface area contributed by atoms with Gasteiger partial charge in [-0.3, -0.25) is 0 Å². The Morgan fingerprint density at radius 2 is 1.61 bits per heavy atom. The maximum absolute atomic E-state index is 5.73. The number of rotatable bonds is 3. The van der Waals surface area contributed by atoms with Gasteiger partial charge in [0, 0.05) is 18.0 Å². The van der Waals surface area contributed by atoms with Crippen LogP contribution in [0.5, 0.6) is 0 Å². The SMILES string of the molecule is CC(C)(C)OCc1ccc(-c2ncccn2)cc1. The first kappa shape index (κ1) is 12.7. The van der Waals surface area contributed by atoms with E-state index in [0.29, 0.717) is 6.61 Å². The Morgan fingerprint density at radius 1 is 1.00 bits per heavy atom. The largest absolute Gasteiger partial charge is 0.371 e. The predicted molar refractivity (Wildman–Crippen MR) is 72.0 cm³/mol. The summed E-state index contributed by atoms with van der Waals surface area (Å²) in [5, 5.41) is 0. The first-order valence-corrected chi connectivity index (χ1v) is 6.05. The summed E-state index contributed by atoms with van der Waals surface area (Å²) >= 11 is 0. The van der Waals surface area contributed by atoms with E-state index in [2.05, 4.69) is 42.9 Å². The fourth-order valence-corrected chi connectivity index (χ4v) is 1.50. The lowest BCUT2D eigenvalue weighted by Crippen LogP contribution is -2.18. The van der Waals surface area contributed by atoms with Crippen LogP contribution < -0.4 is 0 Å². The number of hydrogen-bond donors (Lipinski definition) is 0. The van der Waals surface area contributed by atoms with E-state index in [-0.39, 0.29) is 5.60 Å². The lowest BCUT2D eigenvalue weighted by Gasteiger charge is -2.19. The van der Waals surface area contributed by atoms with Crippen molar-refractivity contribution < 1.29 is 4.74 Å². The van der Waals surface area contributed by atoms with Crippen LogP contribution in [0.15, 0.2) is 42.7 Å². The van der Waals surface area contributed by atoms with E-state index in [1.807, 2.05) is 18.2 Å². The van der Waals surface area contributed by atoms with E-state index < -0.39 is 0 Å². The van der Waals surface area contributed by atoms with Crippen molar-refractivity contribution in [1.82, 2.24) is 9.97 Å². The molecular weight excluding hydrogens is 224 g/mol. The molecule has 0 spiro atoms. The highest BCUT2D eigenvalue weighted by Crippen LogP contribution is 2.17. The Balaban J connectivity index is 2.07. The molecule has 2 rings (SSSR count). The highest BCUT2D eigenvalue weighted by atomic mass is 16.5. The first-order chi connectivity index (χ1) is 8.54. The van der Waals surface area contributed by atoms with Crippen molar-refractivity contribution in [3.63, 3.8) is 0 Å². The number of aromatic nitrogens is 2. The second-order valence-electron chi connectivity index (χ2n) is 5.17. The maximum Gasteiger partial charge on any atom is 0.159 e. The smallest absolute Gasteiger partial charge is 0.159 e. The third-order valence-electron chi connectivity index (χ3n) is 2.45. The Labute approximate surface area is 108 Å². The predicted octanol–water partition coefficient (Wildman–Crippen LogP) is 3.46. The minimum Gasteiger partial charge on any atom is -0.371 e. The molecule has 0 radical (unpaired) electrons. The Morgan fingerprint density at radius 3 is 2.17 bits per heavy atom. The molecule has 2 aromatic rings. The van der Waals surface area contributed by atoms with Gasteiger partial charge in [-0.1, -0.05) is 24.3 Å². The molecule has 0 N–H and O–H groups in total. The van der Waals surface area contributed by atoms with Crippen molar-refractivity contribution in [3.05, 3.63) is 48.3 Å². The minimum atomic E-state index is -0.110. The van der Waals surface area contributed by atoms with Crippen LogP contribution in [0.2, 0.25) is 0 Å². The molecule has 0 aliphatic carbocycles. The number of hydrogen-bond acceptors (Lipinski definition) is 3. The maximum atomic E-state index is 5.73. The van der Waals surface area contributed by atoms with Crippen LogP contribution in [0.3, 0.4) is 0 Å². The molecule has 1 aromatic heterocycles. The standard InChI is InChI=1S/C15H18N2O/c1-15(2,3)18-11-12-5-7-13(8-6-12)14-16-9-4-10-17-14/h4-10H,11H2,1-3H3. The van der Waals surface area contributed by atoms with Gasteiger partial charge in [0.05, 0.1) is 12.2 Å². The van der Waals surface area contributed by atoms with Crippen LogP contribution in [-0.4, -0.2) is 15.6 Å². The van der Waals surface area contributed by atoms with Crippen molar-refractivity contribution in [2.24, 2.45) is 0 Å². The van der Waals surface area contributed by atoms with Crippen LogP contribution in [0, 0.1) is 0 Å². The minimum absolute atomic E-state index is 0.110. The van der Waals surface area contributed by atoms with Gasteiger partial charge in [0.25, 0.3) is 0 Å². The molecular formula is C15H18N2O. The van der Waals surface area contributed by atoms with Gasteiger partial charge in [0.2, 0.25) is 0 Å². The Kier molecular flexibility index (Phi) is 3.72. The van der Waals surface area contributed by atoms with Crippen LogP contribution in [0.1, 0.15) is 26.3 Å². The van der Waals surface area contributed by atoms with Crippen LogP contribution in [0.4, 0.5) is 0 Å². The third-order valence-corrected chi connectivity index (χ3v) is 2.45. The molecule has 3 heteroatoms. The summed E-state index contributed by atoms with van der Waals surface area (Å²) in [6, 6.07) is 9.97. The number of ether oxygens (including phenoxy) is 1. The second kappa shape index (κ2) is 5.27. The lowest BCUT2D eigenvalue weighted by atomic mass is 10.1. The molecule has 0 unspecified atom stereocenters. The fourth-order valence-electron chi connectivity index (χ4n) is 1.50. The van der Waals surface area contributed by atoms with Gasteiger partial charge in [0.15, 0.2) is 5.82 Å². The summed E-state index contributed by atoms with van der Waals surface area (Å²) in [5.41, 5.74) is 2.07. The van der Waals surface area contributed by atoms with Gasteiger partial charge in [-0.15, -0.1) is 0 Å². The summed E-state index contributed by atoms with van der Waals surface area (Å²) in [7, 11) is 0. The van der Waals surface area contributed by atoms with Gasteiger partial charge in [-0.05, 0) is 32.4 Å². The van der Waals surface area contributed by atoms with Crippen molar-refractivity contribution in [1.29, 1.82) is 0 Å². The molecule has 0 aliphatic heterocycles. The molecule has 1 aromatic carbocycles. The molecule has 94 valence electrons. The molecule has 1 heterocycles. The monoisotopic (exact) mass is 242 g/mol. The van der Waals surface area contributed by atoms with E-state index in [9.17, 15) is 0 Å². The van der Waals surface area contributed by atoms with Crippen LogP contribution >= 0.6 is 0 Å². The van der Waals surface area contributed by atoms with Gasteiger partial charge >= 0.3 is 0 Å². The van der Waals surface area contributed by atoms with Crippen LogP contribution in [0.25, 0.3) is 11.4 Å². The number of benzene rings is 1. The van der Waals surface area contributed by atoms with E-state index in [1.54, 1.807) is 12.4 Å². The highest BCUT2D eigenvalue weighted by Gasteiger charge is 2.10. The van der Waals surface area contributed by atoms with Crippen LogP contribution in [-0.2, 0) is 11.3 Å². The third kappa shape index (κ3) is 3.64. The van der Waals surface area contributed by atoms with Crippen molar-refractivity contribution in [2.45, 2.75) is 33.0 Å². The van der Waals surface area contributed by atoms with E-state index in [0.717, 1.165) is 17.0 Å². The molecule has 0 bridgehead atoms. The van der Waals surface area contributed by atoms with E-state index >= 15 is 0 Å². The summed E-state index contributed by atoms with van der Waals surface area (Å²) in [6.45, 7) is 6.79. The average Bonchev–Trinajstić information content (AvgIpc) is 2.37. The van der Waals surface area contributed by atoms with Crippen molar-refractivity contribution in [2.75, 3.05) is 0 Å². The Bertz CT molecular complexity index is 486. The molecule has 0 fully saturated rings. The molecule has 0 atom stereocenters. The quantitative estimate of drug-likeness (QED) is 0.826. The first-order valence-electron chi connectivity index (χ1n) is 6.05.